The summed E-state index contributed by atoms with van der Waals surface area (Å²) in [6, 6.07) is 5.11. The molecule has 3 heterocycles. The van der Waals surface area contributed by atoms with Gasteiger partial charge in [0, 0.05) is 18.3 Å². The van der Waals surface area contributed by atoms with Gasteiger partial charge in [-0.2, -0.15) is 10.4 Å². The Labute approximate surface area is 183 Å². The maximum absolute atomic E-state index is 14.0. The van der Waals surface area contributed by atoms with Crippen molar-refractivity contribution in [1.29, 1.82) is 5.26 Å². The van der Waals surface area contributed by atoms with Crippen LogP contribution in [0.5, 0.6) is 0 Å². The number of alkyl halides is 2. The minimum atomic E-state index is -3.52. The summed E-state index contributed by atoms with van der Waals surface area (Å²) in [6.07, 6.45) is 4.21. The van der Waals surface area contributed by atoms with Gasteiger partial charge in [-0.05, 0) is 33.8 Å². The standard InChI is InChI=1S/C21H23F2N7O2/c1-12(2)29-15-6-16(17-10-26-18-5-13(7-24)8-28-30(17)18)25-9-14(15)19(31)27-11-21(22,23)20(3,4)32/h5-6,8-10,12,32H,11H2,1-4H3,(H,25,29)(H,27,31). The largest absolute Gasteiger partial charge is 0.384 e. The molecule has 0 aliphatic rings. The third kappa shape index (κ3) is 4.65. The number of nitrogens with one attached hydrogen (secondary N) is 2. The van der Waals surface area contributed by atoms with Crippen LogP contribution in [-0.2, 0) is 0 Å². The highest BCUT2D eigenvalue weighted by Crippen LogP contribution is 2.28. The smallest absolute Gasteiger partial charge is 0.292 e. The van der Waals surface area contributed by atoms with Crippen molar-refractivity contribution in [2.45, 2.75) is 45.3 Å². The maximum Gasteiger partial charge on any atom is 0.292 e. The van der Waals surface area contributed by atoms with Gasteiger partial charge in [0.15, 0.2) is 5.65 Å². The SMILES string of the molecule is CC(C)Nc1cc(-c2cnc3cc(C#N)cnn23)ncc1C(=O)NCC(F)(F)C(C)(C)O. The molecule has 9 nitrogen and oxygen atoms in total. The minimum absolute atomic E-state index is 0.0619. The van der Waals surface area contributed by atoms with Crippen molar-refractivity contribution in [3.8, 4) is 17.5 Å². The normalized spacial score (nSPS) is 12.1. The summed E-state index contributed by atoms with van der Waals surface area (Å²) in [5.41, 5.74) is -0.0501. The first-order valence-electron chi connectivity index (χ1n) is 9.82. The van der Waals surface area contributed by atoms with Crippen molar-refractivity contribution >= 4 is 17.2 Å². The van der Waals surface area contributed by atoms with E-state index < -0.39 is 24.0 Å². The lowest BCUT2D eigenvalue weighted by molar-refractivity contribution is -0.156. The number of amides is 1. The summed E-state index contributed by atoms with van der Waals surface area (Å²) in [6.45, 7) is 4.65. The Morgan fingerprint density at radius 1 is 1.25 bits per heavy atom. The molecule has 3 N–H and O–H groups in total. The summed E-state index contributed by atoms with van der Waals surface area (Å²) in [4.78, 5) is 21.2. The van der Waals surface area contributed by atoms with Gasteiger partial charge in [0.1, 0.15) is 17.4 Å². The Morgan fingerprint density at radius 3 is 2.59 bits per heavy atom. The number of carbonyl (C=O) groups is 1. The van der Waals surface area contributed by atoms with Gasteiger partial charge in [-0.3, -0.25) is 9.78 Å². The Kier molecular flexibility index (Phi) is 6.09. The number of nitrogens with zero attached hydrogens (tertiary/aromatic N) is 5. The van der Waals surface area contributed by atoms with E-state index in [1.807, 2.05) is 19.9 Å². The predicted octanol–water partition coefficient (Wildman–Crippen LogP) is 2.62. The second-order valence-electron chi connectivity index (χ2n) is 8.13. The quantitative estimate of drug-likeness (QED) is 0.512. The Balaban J connectivity index is 1.95. The number of halogens is 2. The van der Waals surface area contributed by atoms with Crippen LogP contribution >= 0.6 is 0 Å². The first-order chi connectivity index (χ1) is 14.9. The number of aliphatic hydroxyl groups is 1. The van der Waals surface area contributed by atoms with E-state index in [2.05, 4.69) is 25.7 Å². The number of hydrogen-bond acceptors (Lipinski definition) is 7. The van der Waals surface area contributed by atoms with Crippen molar-refractivity contribution in [1.82, 2.24) is 24.9 Å². The molecular weight excluding hydrogens is 420 g/mol. The van der Waals surface area contributed by atoms with Crippen LogP contribution < -0.4 is 10.6 Å². The van der Waals surface area contributed by atoms with Crippen molar-refractivity contribution in [3.05, 3.63) is 41.9 Å². The molecule has 0 aliphatic heterocycles. The summed E-state index contributed by atoms with van der Waals surface area (Å²) in [5.74, 6) is -4.28. The third-order valence-electron chi connectivity index (χ3n) is 4.71. The second-order valence-corrected chi connectivity index (χ2v) is 8.13. The Bertz CT molecular complexity index is 1190. The summed E-state index contributed by atoms with van der Waals surface area (Å²) < 4.78 is 29.6. The zero-order chi connectivity index (χ0) is 23.7. The van der Waals surface area contributed by atoms with E-state index in [4.69, 9.17) is 5.26 Å². The zero-order valence-electron chi connectivity index (χ0n) is 18.0. The van der Waals surface area contributed by atoms with E-state index in [1.54, 1.807) is 12.1 Å². The van der Waals surface area contributed by atoms with Gasteiger partial charge in [0.2, 0.25) is 0 Å². The molecule has 0 atom stereocenters. The fraction of sp³-hybridized carbons (Fsp3) is 0.381. The number of nitriles is 1. The number of hydrogen-bond donors (Lipinski definition) is 3. The van der Waals surface area contributed by atoms with Gasteiger partial charge in [-0.25, -0.2) is 18.3 Å². The second kappa shape index (κ2) is 8.47. The Hall–Kier alpha value is -3.65. The van der Waals surface area contributed by atoms with Crippen LogP contribution in [0.3, 0.4) is 0 Å². The van der Waals surface area contributed by atoms with Gasteiger partial charge in [-0.15, -0.1) is 0 Å². The van der Waals surface area contributed by atoms with Crippen LogP contribution in [0.4, 0.5) is 14.5 Å². The fourth-order valence-electron chi connectivity index (χ4n) is 2.82. The molecule has 0 saturated heterocycles. The molecule has 11 heteroatoms. The van der Waals surface area contributed by atoms with Crippen LogP contribution in [0.1, 0.15) is 43.6 Å². The van der Waals surface area contributed by atoms with E-state index in [-0.39, 0.29) is 11.6 Å². The summed E-state index contributed by atoms with van der Waals surface area (Å²) in [7, 11) is 0. The lowest BCUT2D eigenvalue weighted by atomic mass is 10.0. The number of fused-ring (bicyclic) bond motifs is 1. The fourth-order valence-corrected chi connectivity index (χ4v) is 2.82. The molecule has 3 aromatic rings. The van der Waals surface area contributed by atoms with Crippen molar-refractivity contribution < 1.29 is 18.7 Å². The van der Waals surface area contributed by atoms with Crippen LogP contribution in [0.25, 0.3) is 17.0 Å². The van der Waals surface area contributed by atoms with Crippen LogP contribution in [0, 0.1) is 11.3 Å². The van der Waals surface area contributed by atoms with E-state index in [0.717, 1.165) is 13.8 Å². The summed E-state index contributed by atoms with van der Waals surface area (Å²) >= 11 is 0. The van der Waals surface area contributed by atoms with Crippen molar-refractivity contribution in [2.75, 3.05) is 11.9 Å². The molecule has 3 rings (SSSR count). The summed E-state index contributed by atoms with van der Waals surface area (Å²) in [5, 5.41) is 28.1. The monoisotopic (exact) mass is 443 g/mol. The molecular formula is C21H23F2N7O2. The van der Waals surface area contributed by atoms with Gasteiger partial charge >= 0.3 is 0 Å². The average molecular weight is 443 g/mol. The van der Waals surface area contributed by atoms with E-state index in [0.29, 0.717) is 28.3 Å². The van der Waals surface area contributed by atoms with Crippen LogP contribution in [0.2, 0.25) is 0 Å². The van der Waals surface area contributed by atoms with Gasteiger partial charge in [0.05, 0.1) is 41.4 Å². The third-order valence-corrected chi connectivity index (χ3v) is 4.71. The number of aromatic nitrogens is 4. The number of anilines is 1. The molecule has 0 fully saturated rings. The lowest BCUT2D eigenvalue weighted by Gasteiger charge is -2.29. The Morgan fingerprint density at radius 2 is 1.97 bits per heavy atom. The first kappa shape index (κ1) is 23.0. The minimum Gasteiger partial charge on any atom is -0.384 e. The van der Waals surface area contributed by atoms with Gasteiger partial charge in [0.25, 0.3) is 11.8 Å². The van der Waals surface area contributed by atoms with E-state index >= 15 is 0 Å². The highest BCUT2D eigenvalue weighted by molar-refractivity contribution is 6.00. The predicted molar refractivity (Wildman–Crippen MR) is 113 cm³/mol. The topological polar surface area (TPSA) is 128 Å². The van der Waals surface area contributed by atoms with Crippen LogP contribution in [-0.4, -0.2) is 54.7 Å². The number of imidazole rings is 1. The number of pyridine rings is 1. The van der Waals surface area contributed by atoms with Gasteiger partial charge < -0.3 is 15.7 Å². The van der Waals surface area contributed by atoms with E-state index in [1.165, 1.54) is 23.1 Å². The molecule has 0 aromatic carbocycles. The number of rotatable bonds is 7. The molecule has 168 valence electrons. The maximum atomic E-state index is 14.0. The molecule has 1 amide bonds. The average Bonchev–Trinajstić information content (AvgIpc) is 3.13. The molecule has 0 radical (unpaired) electrons. The first-order valence-corrected chi connectivity index (χ1v) is 9.82. The van der Waals surface area contributed by atoms with Gasteiger partial charge in [-0.1, -0.05) is 0 Å². The molecule has 0 spiro atoms. The molecule has 0 aliphatic carbocycles. The van der Waals surface area contributed by atoms with Crippen molar-refractivity contribution in [2.24, 2.45) is 0 Å². The highest BCUT2D eigenvalue weighted by Gasteiger charge is 2.45. The number of carbonyl (C=O) groups excluding carboxylic acids is 1. The van der Waals surface area contributed by atoms with E-state index in [9.17, 15) is 18.7 Å². The molecule has 0 saturated carbocycles. The molecule has 0 unspecified atom stereocenters. The molecule has 32 heavy (non-hydrogen) atoms. The zero-order valence-corrected chi connectivity index (χ0v) is 18.0. The lowest BCUT2D eigenvalue weighted by Crippen LogP contribution is -2.50. The highest BCUT2D eigenvalue weighted by atomic mass is 19.3. The molecule has 0 bridgehead atoms. The van der Waals surface area contributed by atoms with Crippen molar-refractivity contribution in [3.63, 3.8) is 0 Å². The van der Waals surface area contributed by atoms with Crippen LogP contribution in [0.15, 0.2) is 30.7 Å². The molecule has 3 aromatic heterocycles.